The number of ether oxygens (including phenoxy) is 2. The Kier molecular flexibility index (Phi) is 2.43. The molecule has 4 nitrogen and oxygen atoms in total. The molecule has 1 N–H and O–H groups in total. The molecule has 96 valence electrons. The molecule has 1 aromatic carbocycles. The molecule has 1 aliphatic carbocycles. The fourth-order valence-corrected chi connectivity index (χ4v) is 2.86. The molecular weight excluding hydrogens is 239 g/mol. The molecule has 0 unspecified atom stereocenters. The van der Waals surface area contributed by atoms with E-state index in [-0.39, 0.29) is 12.4 Å². The Balaban J connectivity index is 2.13. The molecule has 3 rings (SSSR count). The third-order valence-corrected chi connectivity index (χ3v) is 3.84. The molecule has 0 spiro atoms. The highest BCUT2D eigenvalue weighted by atomic mass is 19.1. The van der Waals surface area contributed by atoms with Gasteiger partial charge in [0, 0.05) is 11.6 Å². The molecule has 0 bridgehead atoms. The summed E-state index contributed by atoms with van der Waals surface area (Å²) in [4.78, 5) is 11.5. The van der Waals surface area contributed by atoms with Crippen molar-refractivity contribution in [2.75, 3.05) is 6.79 Å². The van der Waals surface area contributed by atoms with Crippen LogP contribution in [0.3, 0.4) is 0 Å². The number of fused-ring (bicyclic) bond motifs is 1. The average Bonchev–Trinajstić information content (AvgIpc) is 2.95. The molecule has 2 aliphatic rings. The first-order valence-electron chi connectivity index (χ1n) is 5.96. The number of carboxylic acids is 1. The monoisotopic (exact) mass is 252 g/mol. The van der Waals surface area contributed by atoms with E-state index in [2.05, 4.69) is 0 Å². The summed E-state index contributed by atoms with van der Waals surface area (Å²) < 4.78 is 24.4. The van der Waals surface area contributed by atoms with Gasteiger partial charge >= 0.3 is 5.97 Å². The van der Waals surface area contributed by atoms with Crippen molar-refractivity contribution in [3.63, 3.8) is 0 Å². The summed E-state index contributed by atoms with van der Waals surface area (Å²) in [6, 6.07) is 2.71. The molecule has 1 fully saturated rings. The lowest BCUT2D eigenvalue weighted by molar-refractivity contribution is -0.143. The standard InChI is InChI=1S/C13H13FO4/c14-9-6-11-10(17-7-18-11)5-8(9)13(12(15)16)3-1-2-4-13/h5-6H,1-4,7H2,(H,15,16). The second-order valence-corrected chi connectivity index (χ2v) is 4.78. The first kappa shape index (κ1) is 11.3. The summed E-state index contributed by atoms with van der Waals surface area (Å²) in [6.07, 6.45) is 2.55. The van der Waals surface area contributed by atoms with Crippen LogP contribution >= 0.6 is 0 Å². The van der Waals surface area contributed by atoms with E-state index >= 15 is 0 Å². The third kappa shape index (κ3) is 1.46. The van der Waals surface area contributed by atoms with Gasteiger partial charge in [0.1, 0.15) is 5.82 Å². The van der Waals surface area contributed by atoms with E-state index in [1.807, 2.05) is 0 Å². The van der Waals surface area contributed by atoms with Gasteiger partial charge in [0.25, 0.3) is 0 Å². The molecule has 1 saturated carbocycles. The molecule has 0 radical (unpaired) electrons. The number of halogens is 1. The van der Waals surface area contributed by atoms with Crippen LogP contribution in [0.5, 0.6) is 11.5 Å². The summed E-state index contributed by atoms with van der Waals surface area (Å²) >= 11 is 0. The lowest BCUT2D eigenvalue weighted by Crippen LogP contribution is -2.33. The summed E-state index contributed by atoms with van der Waals surface area (Å²) in [7, 11) is 0. The Hall–Kier alpha value is -1.78. The van der Waals surface area contributed by atoms with Crippen LogP contribution < -0.4 is 9.47 Å². The smallest absolute Gasteiger partial charge is 0.314 e. The predicted octanol–water partition coefficient (Wildman–Crippen LogP) is 2.45. The Labute approximate surface area is 103 Å². The molecule has 0 aromatic heterocycles. The van der Waals surface area contributed by atoms with E-state index in [4.69, 9.17) is 9.47 Å². The number of hydrogen-bond donors (Lipinski definition) is 1. The maximum absolute atomic E-state index is 14.1. The normalized spacial score (nSPS) is 20.1. The summed E-state index contributed by atoms with van der Waals surface area (Å²) in [5.74, 6) is -0.713. The lowest BCUT2D eigenvalue weighted by Gasteiger charge is -2.25. The van der Waals surface area contributed by atoms with Crippen LogP contribution in [0, 0.1) is 5.82 Å². The number of hydrogen-bond acceptors (Lipinski definition) is 3. The number of rotatable bonds is 2. The van der Waals surface area contributed by atoms with Crippen molar-refractivity contribution >= 4 is 5.97 Å². The maximum atomic E-state index is 14.1. The van der Waals surface area contributed by atoms with Gasteiger partial charge in [0.05, 0.1) is 5.41 Å². The molecule has 1 aliphatic heterocycles. The van der Waals surface area contributed by atoms with E-state index in [0.717, 1.165) is 12.8 Å². The Morgan fingerprint density at radius 3 is 2.44 bits per heavy atom. The summed E-state index contributed by atoms with van der Waals surface area (Å²) in [5.41, 5.74) is -0.887. The van der Waals surface area contributed by atoms with Crippen LogP contribution in [0.2, 0.25) is 0 Å². The van der Waals surface area contributed by atoms with Crippen molar-refractivity contribution in [3.8, 4) is 11.5 Å². The summed E-state index contributed by atoms with van der Waals surface area (Å²) in [6.45, 7) is 0.0539. The molecule has 18 heavy (non-hydrogen) atoms. The van der Waals surface area contributed by atoms with Crippen LogP contribution in [-0.2, 0) is 10.2 Å². The van der Waals surface area contributed by atoms with Gasteiger partial charge in [-0.1, -0.05) is 12.8 Å². The van der Waals surface area contributed by atoms with Crippen molar-refractivity contribution in [1.82, 2.24) is 0 Å². The molecule has 5 heteroatoms. The number of benzene rings is 1. The molecule has 0 atom stereocenters. The van der Waals surface area contributed by atoms with Crippen molar-refractivity contribution in [2.24, 2.45) is 0 Å². The molecule has 1 heterocycles. The average molecular weight is 252 g/mol. The van der Waals surface area contributed by atoms with Crippen molar-refractivity contribution in [1.29, 1.82) is 0 Å². The van der Waals surface area contributed by atoms with Gasteiger partial charge in [0.2, 0.25) is 6.79 Å². The summed E-state index contributed by atoms with van der Waals surface area (Å²) in [5, 5.41) is 9.45. The van der Waals surface area contributed by atoms with Crippen molar-refractivity contribution < 1.29 is 23.8 Å². The Morgan fingerprint density at radius 1 is 1.22 bits per heavy atom. The Bertz CT molecular complexity index is 506. The van der Waals surface area contributed by atoms with Crippen molar-refractivity contribution in [3.05, 3.63) is 23.5 Å². The number of aliphatic carboxylic acids is 1. The minimum atomic E-state index is -1.11. The fraction of sp³-hybridized carbons (Fsp3) is 0.462. The van der Waals surface area contributed by atoms with Crippen LogP contribution in [0.25, 0.3) is 0 Å². The zero-order valence-corrected chi connectivity index (χ0v) is 9.74. The van der Waals surface area contributed by atoms with E-state index in [1.165, 1.54) is 12.1 Å². The van der Waals surface area contributed by atoms with Gasteiger partial charge in [-0.05, 0) is 18.9 Å². The van der Waals surface area contributed by atoms with Crippen LogP contribution in [0.1, 0.15) is 31.2 Å². The first-order chi connectivity index (χ1) is 8.63. The molecular formula is C13H13FO4. The molecule has 0 saturated heterocycles. The van der Waals surface area contributed by atoms with Gasteiger partial charge in [-0.3, -0.25) is 4.79 Å². The maximum Gasteiger partial charge on any atom is 0.314 e. The second kappa shape index (κ2) is 3.86. The van der Waals surface area contributed by atoms with Gasteiger partial charge in [-0.25, -0.2) is 4.39 Å². The van der Waals surface area contributed by atoms with Crippen LogP contribution in [0.15, 0.2) is 12.1 Å². The van der Waals surface area contributed by atoms with Gasteiger partial charge in [-0.2, -0.15) is 0 Å². The van der Waals surface area contributed by atoms with Crippen molar-refractivity contribution in [2.45, 2.75) is 31.1 Å². The van der Waals surface area contributed by atoms with E-state index in [9.17, 15) is 14.3 Å². The number of carboxylic acid groups (broad SMARTS) is 1. The quantitative estimate of drug-likeness (QED) is 0.878. The minimum absolute atomic E-state index is 0.0539. The van der Waals surface area contributed by atoms with E-state index < -0.39 is 17.2 Å². The lowest BCUT2D eigenvalue weighted by atomic mass is 9.78. The van der Waals surface area contributed by atoms with E-state index in [1.54, 1.807) is 0 Å². The van der Waals surface area contributed by atoms with Gasteiger partial charge in [0.15, 0.2) is 11.5 Å². The second-order valence-electron chi connectivity index (χ2n) is 4.78. The molecule has 1 aromatic rings. The zero-order valence-electron chi connectivity index (χ0n) is 9.74. The SMILES string of the molecule is O=C(O)C1(c2cc3c(cc2F)OCO3)CCCC1. The fourth-order valence-electron chi connectivity index (χ4n) is 2.86. The van der Waals surface area contributed by atoms with Crippen LogP contribution in [0.4, 0.5) is 4.39 Å². The van der Waals surface area contributed by atoms with Gasteiger partial charge in [-0.15, -0.1) is 0 Å². The van der Waals surface area contributed by atoms with E-state index in [0.29, 0.717) is 24.3 Å². The third-order valence-electron chi connectivity index (χ3n) is 3.84. The highest BCUT2D eigenvalue weighted by molar-refractivity contribution is 5.82. The number of carbonyl (C=O) groups is 1. The zero-order chi connectivity index (χ0) is 12.8. The predicted molar refractivity (Wildman–Crippen MR) is 60.3 cm³/mol. The van der Waals surface area contributed by atoms with Gasteiger partial charge < -0.3 is 14.6 Å². The highest BCUT2D eigenvalue weighted by Gasteiger charge is 2.45. The first-order valence-corrected chi connectivity index (χ1v) is 5.96. The Morgan fingerprint density at radius 2 is 1.83 bits per heavy atom. The largest absolute Gasteiger partial charge is 0.481 e. The van der Waals surface area contributed by atoms with Crippen LogP contribution in [-0.4, -0.2) is 17.9 Å². The topological polar surface area (TPSA) is 55.8 Å². The highest BCUT2D eigenvalue weighted by Crippen LogP contribution is 2.46. The molecule has 0 amide bonds. The minimum Gasteiger partial charge on any atom is -0.481 e.